The Balaban J connectivity index is 1.32. The third-order valence-corrected chi connectivity index (χ3v) is 4.81. The van der Waals surface area contributed by atoms with Crippen molar-refractivity contribution in [1.29, 1.82) is 0 Å². The molecule has 142 valence electrons. The number of rotatable bonds is 6. The van der Waals surface area contributed by atoms with Gasteiger partial charge in [0.05, 0.1) is 5.71 Å². The zero-order valence-electron chi connectivity index (χ0n) is 15.8. The van der Waals surface area contributed by atoms with Gasteiger partial charge in [-0.15, -0.1) is 0 Å². The average Bonchev–Trinajstić information content (AvgIpc) is 3.16. The summed E-state index contributed by atoms with van der Waals surface area (Å²) in [5.41, 5.74) is 11.0. The Bertz CT molecular complexity index is 969. The number of nitrogens with two attached hydrogens (primary N) is 1. The summed E-state index contributed by atoms with van der Waals surface area (Å²) in [6.45, 7) is 2.51. The van der Waals surface area contributed by atoms with Crippen LogP contribution in [0, 0.1) is 6.92 Å². The van der Waals surface area contributed by atoms with E-state index in [1.807, 2.05) is 43.3 Å². The second kappa shape index (κ2) is 8.13. The molecule has 1 aliphatic heterocycles. The number of nitrogen functional groups attached to an aromatic ring is 1. The van der Waals surface area contributed by atoms with Crippen LogP contribution in [0.25, 0.3) is 0 Å². The maximum atomic E-state index is 5.84. The van der Waals surface area contributed by atoms with E-state index in [9.17, 15) is 0 Å². The number of aryl methyl sites for hydroxylation is 1. The number of oxime groups is 1. The zero-order valence-corrected chi connectivity index (χ0v) is 15.8. The van der Waals surface area contributed by atoms with Gasteiger partial charge in [-0.05, 0) is 42.3 Å². The van der Waals surface area contributed by atoms with Crippen LogP contribution in [0.1, 0.15) is 34.9 Å². The van der Waals surface area contributed by atoms with Crippen molar-refractivity contribution in [3.8, 4) is 5.75 Å². The summed E-state index contributed by atoms with van der Waals surface area (Å²) in [6, 6.07) is 22.1. The van der Waals surface area contributed by atoms with Crippen LogP contribution in [0.5, 0.6) is 5.75 Å². The summed E-state index contributed by atoms with van der Waals surface area (Å²) in [6.07, 6.45) is 1.44. The van der Waals surface area contributed by atoms with Gasteiger partial charge < -0.3 is 15.3 Å². The second-order valence-electron chi connectivity index (χ2n) is 6.96. The predicted molar refractivity (Wildman–Crippen MR) is 110 cm³/mol. The van der Waals surface area contributed by atoms with Gasteiger partial charge >= 0.3 is 0 Å². The lowest BCUT2D eigenvalue weighted by molar-refractivity contribution is 0.0850. The van der Waals surface area contributed by atoms with Gasteiger partial charge in [0.15, 0.2) is 6.10 Å². The van der Waals surface area contributed by atoms with Crippen molar-refractivity contribution in [2.75, 3.05) is 5.73 Å². The molecule has 1 aromatic heterocycles. The van der Waals surface area contributed by atoms with Crippen molar-refractivity contribution in [2.24, 2.45) is 5.16 Å². The van der Waals surface area contributed by atoms with Crippen molar-refractivity contribution in [3.63, 3.8) is 0 Å². The van der Waals surface area contributed by atoms with Crippen LogP contribution in [-0.4, -0.2) is 10.7 Å². The number of anilines is 1. The molecule has 5 nitrogen and oxygen atoms in total. The molecule has 0 spiro atoms. The standard InChI is InChI=1S/C23H23N3O2/c1-16-21(11-12-23(24)25-16)22-14-19(26-28-22)13-17-7-9-20(10-8-17)27-15-18-5-3-2-4-6-18/h2-12,22H,13-15H2,1H3,(H2,24,25). The fourth-order valence-corrected chi connectivity index (χ4v) is 3.31. The number of pyridine rings is 1. The number of nitrogens with zero attached hydrogens (tertiary/aromatic N) is 2. The SMILES string of the molecule is Cc1nc(N)ccc1C1CC(Cc2ccc(OCc3ccccc3)cc2)=NO1. The van der Waals surface area contributed by atoms with Crippen LogP contribution < -0.4 is 10.5 Å². The Hall–Kier alpha value is -3.34. The van der Waals surface area contributed by atoms with Crippen LogP contribution in [0.15, 0.2) is 71.9 Å². The third-order valence-electron chi connectivity index (χ3n) is 4.81. The highest BCUT2D eigenvalue weighted by molar-refractivity contribution is 5.87. The molecule has 2 N–H and O–H groups in total. The maximum Gasteiger partial charge on any atom is 0.159 e. The molecule has 0 fully saturated rings. The number of ether oxygens (including phenoxy) is 1. The van der Waals surface area contributed by atoms with Gasteiger partial charge in [0.2, 0.25) is 0 Å². The van der Waals surface area contributed by atoms with E-state index in [-0.39, 0.29) is 6.10 Å². The second-order valence-corrected chi connectivity index (χ2v) is 6.96. The maximum absolute atomic E-state index is 5.84. The molecular formula is C23H23N3O2. The van der Waals surface area contributed by atoms with E-state index in [0.717, 1.165) is 41.1 Å². The van der Waals surface area contributed by atoms with Gasteiger partial charge in [0.25, 0.3) is 0 Å². The first kappa shape index (κ1) is 18.0. The van der Waals surface area contributed by atoms with Crippen LogP contribution in [0.2, 0.25) is 0 Å². The van der Waals surface area contributed by atoms with Crippen molar-refractivity contribution < 1.29 is 9.57 Å². The first-order valence-electron chi connectivity index (χ1n) is 9.37. The highest BCUT2D eigenvalue weighted by atomic mass is 16.6. The molecule has 5 heteroatoms. The molecule has 1 aliphatic rings. The summed E-state index contributed by atoms with van der Waals surface area (Å²) < 4.78 is 5.84. The molecule has 1 unspecified atom stereocenters. The molecule has 0 radical (unpaired) electrons. The van der Waals surface area contributed by atoms with Gasteiger partial charge in [0.1, 0.15) is 18.2 Å². The van der Waals surface area contributed by atoms with Crippen molar-refractivity contribution in [1.82, 2.24) is 4.98 Å². The van der Waals surface area contributed by atoms with E-state index < -0.39 is 0 Å². The highest BCUT2D eigenvalue weighted by Gasteiger charge is 2.24. The molecule has 0 aliphatic carbocycles. The monoisotopic (exact) mass is 373 g/mol. The van der Waals surface area contributed by atoms with Gasteiger partial charge in [-0.2, -0.15) is 0 Å². The van der Waals surface area contributed by atoms with Gasteiger partial charge in [-0.3, -0.25) is 0 Å². The minimum Gasteiger partial charge on any atom is -0.489 e. The molecule has 0 saturated carbocycles. The summed E-state index contributed by atoms with van der Waals surface area (Å²) in [5, 5.41) is 4.28. The van der Waals surface area contributed by atoms with E-state index in [1.165, 1.54) is 5.56 Å². The summed E-state index contributed by atoms with van der Waals surface area (Å²) in [5.74, 6) is 1.38. The molecule has 2 aromatic carbocycles. The summed E-state index contributed by atoms with van der Waals surface area (Å²) in [7, 11) is 0. The molecule has 0 amide bonds. The molecule has 0 saturated heterocycles. The summed E-state index contributed by atoms with van der Waals surface area (Å²) in [4.78, 5) is 9.95. The minimum absolute atomic E-state index is 0.0865. The van der Waals surface area contributed by atoms with Gasteiger partial charge in [0, 0.05) is 24.1 Å². The quantitative estimate of drug-likeness (QED) is 0.685. The van der Waals surface area contributed by atoms with Crippen LogP contribution >= 0.6 is 0 Å². The van der Waals surface area contributed by atoms with E-state index in [4.69, 9.17) is 15.3 Å². The van der Waals surface area contributed by atoms with Crippen LogP contribution in [0.4, 0.5) is 5.82 Å². The molecule has 1 atom stereocenters. The summed E-state index contributed by atoms with van der Waals surface area (Å²) >= 11 is 0. The Morgan fingerprint density at radius 2 is 1.79 bits per heavy atom. The molecule has 2 heterocycles. The van der Waals surface area contributed by atoms with E-state index in [2.05, 4.69) is 34.4 Å². The van der Waals surface area contributed by atoms with Gasteiger partial charge in [-0.1, -0.05) is 47.6 Å². The Morgan fingerprint density at radius 3 is 2.54 bits per heavy atom. The molecule has 4 rings (SSSR count). The molecule has 0 bridgehead atoms. The van der Waals surface area contributed by atoms with E-state index >= 15 is 0 Å². The average molecular weight is 373 g/mol. The van der Waals surface area contributed by atoms with E-state index in [0.29, 0.717) is 12.4 Å². The molecular weight excluding hydrogens is 350 g/mol. The lowest BCUT2D eigenvalue weighted by atomic mass is 9.99. The van der Waals surface area contributed by atoms with Crippen LogP contribution in [-0.2, 0) is 17.9 Å². The normalized spacial score (nSPS) is 15.8. The Kier molecular flexibility index (Phi) is 5.24. The Morgan fingerprint density at radius 1 is 1.00 bits per heavy atom. The number of aromatic nitrogens is 1. The van der Waals surface area contributed by atoms with Crippen LogP contribution in [0.3, 0.4) is 0 Å². The first-order valence-corrected chi connectivity index (χ1v) is 9.37. The minimum atomic E-state index is -0.0865. The smallest absolute Gasteiger partial charge is 0.159 e. The van der Waals surface area contributed by atoms with Gasteiger partial charge in [-0.25, -0.2) is 4.98 Å². The molecule has 28 heavy (non-hydrogen) atoms. The molecule has 3 aromatic rings. The number of benzene rings is 2. The highest BCUT2D eigenvalue weighted by Crippen LogP contribution is 2.30. The predicted octanol–water partition coefficient (Wildman–Crippen LogP) is 4.61. The lowest BCUT2D eigenvalue weighted by Crippen LogP contribution is -2.06. The fourth-order valence-electron chi connectivity index (χ4n) is 3.31. The topological polar surface area (TPSA) is 69.7 Å². The number of hydrogen-bond donors (Lipinski definition) is 1. The van der Waals surface area contributed by atoms with Crippen molar-refractivity contribution in [2.45, 2.75) is 32.5 Å². The Labute approximate surface area is 164 Å². The zero-order chi connectivity index (χ0) is 19.3. The third kappa shape index (κ3) is 4.31. The van der Waals surface area contributed by atoms with Crippen molar-refractivity contribution in [3.05, 3.63) is 89.1 Å². The van der Waals surface area contributed by atoms with Crippen molar-refractivity contribution >= 4 is 11.5 Å². The lowest BCUT2D eigenvalue weighted by Gasteiger charge is -2.11. The van der Waals surface area contributed by atoms with E-state index in [1.54, 1.807) is 6.07 Å². The first-order chi connectivity index (χ1) is 13.7. The largest absolute Gasteiger partial charge is 0.489 e. The fraction of sp³-hybridized carbons (Fsp3) is 0.217. The number of hydrogen-bond acceptors (Lipinski definition) is 5.